The van der Waals surface area contributed by atoms with Crippen LogP contribution in [0.5, 0.6) is 11.5 Å². The van der Waals surface area contributed by atoms with Gasteiger partial charge < -0.3 is 19.9 Å². The monoisotopic (exact) mass is 358 g/mol. The van der Waals surface area contributed by atoms with Gasteiger partial charge in [0.25, 0.3) is 5.91 Å². The molecule has 0 saturated carbocycles. The van der Waals surface area contributed by atoms with E-state index >= 15 is 0 Å². The number of urea groups is 1. The van der Waals surface area contributed by atoms with E-state index in [9.17, 15) is 14.4 Å². The summed E-state index contributed by atoms with van der Waals surface area (Å²) in [5.41, 5.74) is 4.95. The lowest BCUT2D eigenvalue weighted by Gasteiger charge is -2.11. The van der Waals surface area contributed by atoms with E-state index in [0.29, 0.717) is 11.5 Å². The van der Waals surface area contributed by atoms with Crippen LogP contribution in [0.2, 0.25) is 0 Å². The summed E-state index contributed by atoms with van der Waals surface area (Å²) < 4.78 is 15.9. The van der Waals surface area contributed by atoms with E-state index in [0.717, 1.165) is 0 Å². The summed E-state index contributed by atoms with van der Waals surface area (Å²) >= 11 is 0. The van der Waals surface area contributed by atoms with Gasteiger partial charge in [-0.2, -0.15) is 0 Å². The lowest BCUT2D eigenvalue weighted by atomic mass is 10.2. The Bertz CT molecular complexity index is 763. The molecule has 2 rings (SSSR count). The minimum atomic E-state index is -1.02. The second-order valence-electron chi connectivity index (χ2n) is 4.99. The lowest BCUT2D eigenvalue weighted by molar-refractivity contribution is -0.123. The predicted molar refractivity (Wildman–Crippen MR) is 91.9 cm³/mol. The summed E-state index contributed by atoms with van der Waals surface area (Å²) in [6.07, 6.45) is 0. The Morgan fingerprint density at radius 1 is 0.885 bits per heavy atom. The van der Waals surface area contributed by atoms with Crippen molar-refractivity contribution in [1.82, 2.24) is 5.32 Å². The molecule has 0 unspecified atom stereocenters. The number of benzene rings is 2. The zero-order valence-corrected chi connectivity index (χ0v) is 13.8. The van der Waals surface area contributed by atoms with Crippen molar-refractivity contribution >= 4 is 17.9 Å². The number of hydrogen-bond acceptors (Lipinski definition) is 6. The number of amides is 3. The van der Waals surface area contributed by atoms with E-state index in [4.69, 9.17) is 19.9 Å². The first-order chi connectivity index (χ1) is 12.6. The second kappa shape index (κ2) is 9.67. The van der Waals surface area contributed by atoms with Gasteiger partial charge in [-0.1, -0.05) is 30.3 Å². The normalized spacial score (nSPS) is 9.85. The van der Waals surface area contributed by atoms with Gasteiger partial charge in [0, 0.05) is 0 Å². The molecule has 2 aromatic carbocycles. The van der Waals surface area contributed by atoms with Gasteiger partial charge in [0.1, 0.15) is 30.3 Å². The van der Waals surface area contributed by atoms with Crippen LogP contribution in [0.15, 0.2) is 54.6 Å². The Kier molecular flexibility index (Phi) is 6.99. The smallest absolute Gasteiger partial charge is 0.342 e. The summed E-state index contributed by atoms with van der Waals surface area (Å²) in [4.78, 5) is 33.9. The zero-order chi connectivity index (χ0) is 18.8. The molecule has 26 heavy (non-hydrogen) atoms. The van der Waals surface area contributed by atoms with Crippen LogP contribution in [0, 0.1) is 0 Å². The van der Waals surface area contributed by atoms with Crippen molar-refractivity contribution in [3.63, 3.8) is 0 Å². The Morgan fingerprint density at radius 2 is 1.54 bits per heavy atom. The van der Waals surface area contributed by atoms with E-state index in [-0.39, 0.29) is 18.8 Å². The number of imide groups is 1. The van der Waals surface area contributed by atoms with Crippen molar-refractivity contribution in [2.75, 3.05) is 19.8 Å². The maximum Gasteiger partial charge on any atom is 0.342 e. The van der Waals surface area contributed by atoms with Crippen LogP contribution < -0.4 is 20.5 Å². The number of ether oxygens (including phenoxy) is 3. The minimum Gasteiger partial charge on any atom is -0.490 e. The van der Waals surface area contributed by atoms with Crippen LogP contribution in [0.1, 0.15) is 10.4 Å². The SMILES string of the molecule is NC(=O)NC(=O)COC(=O)c1ccccc1OCCOc1ccccc1. The van der Waals surface area contributed by atoms with Crippen molar-refractivity contribution in [1.29, 1.82) is 0 Å². The minimum absolute atomic E-state index is 0.152. The molecule has 0 fully saturated rings. The van der Waals surface area contributed by atoms with Gasteiger partial charge in [0.2, 0.25) is 0 Å². The van der Waals surface area contributed by atoms with Gasteiger partial charge in [0.15, 0.2) is 6.61 Å². The number of hydrogen-bond donors (Lipinski definition) is 2. The number of carbonyl (C=O) groups excluding carboxylic acids is 3. The number of carbonyl (C=O) groups is 3. The van der Waals surface area contributed by atoms with Crippen LogP contribution in [0.3, 0.4) is 0 Å². The van der Waals surface area contributed by atoms with Crippen LogP contribution in [-0.4, -0.2) is 37.7 Å². The van der Waals surface area contributed by atoms with Crippen molar-refractivity contribution in [3.05, 3.63) is 60.2 Å². The highest BCUT2D eigenvalue weighted by Crippen LogP contribution is 2.19. The highest BCUT2D eigenvalue weighted by atomic mass is 16.5. The first-order valence-corrected chi connectivity index (χ1v) is 7.72. The highest BCUT2D eigenvalue weighted by Gasteiger charge is 2.15. The molecule has 136 valence electrons. The third kappa shape index (κ3) is 6.16. The van der Waals surface area contributed by atoms with Crippen LogP contribution in [0.25, 0.3) is 0 Å². The summed E-state index contributed by atoms with van der Waals surface area (Å²) in [7, 11) is 0. The number of nitrogens with one attached hydrogen (secondary N) is 1. The summed E-state index contributed by atoms with van der Waals surface area (Å²) in [6.45, 7) is -0.136. The van der Waals surface area contributed by atoms with Crippen molar-refractivity contribution in [2.45, 2.75) is 0 Å². The van der Waals surface area contributed by atoms with E-state index in [1.165, 1.54) is 6.07 Å². The molecule has 0 spiro atoms. The average Bonchev–Trinajstić information content (AvgIpc) is 2.64. The van der Waals surface area contributed by atoms with Crippen LogP contribution in [-0.2, 0) is 9.53 Å². The molecule has 0 aliphatic rings. The van der Waals surface area contributed by atoms with E-state index in [1.54, 1.807) is 23.5 Å². The fourth-order valence-corrected chi connectivity index (χ4v) is 1.97. The van der Waals surface area contributed by atoms with Gasteiger partial charge in [0.05, 0.1) is 0 Å². The number of para-hydroxylation sites is 2. The fourth-order valence-electron chi connectivity index (χ4n) is 1.97. The van der Waals surface area contributed by atoms with Crippen molar-refractivity contribution in [2.24, 2.45) is 5.73 Å². The van der Waals surface area contributed by atoms with Crippen LogP contribution >= 0.6 is 0 Å². The summed E-state index contributed by atoms with van der Waals surface area (Å²) in [5.74, 6) is -0.571. The highest BCUT2D eigenvalue weighted by molar-refractivity contribution is 5.97. The topological polar surface area (TPSA) is 117 Å². The molecule has 0 heterocycles. The molecule has 0 saturated heterocycles. The van der Waals surface area contributed by atoms with Crippen LogP contribution in [0.4, 0.5) is 4.79 Å². The lowest BCUT2D eigenvalue weighted by Crippen LogP contribution is -2.37. The molecule has 3 amide bonds. The quantitative estimate of drug-likeness (QED) is 0.545. The van der Waals surface area contributed by atoms with Crippen molar-refractivity contribution < 1.29 is 28.6 Å². The second-order valence-corrected chi connectivity index (χ2v) is 4.99. The van der Waals surface area contributed by atoms with E-state index < -0.39 is 24.5 Å². The number of nitrogens with two attached hydrogens (primary N) is 1. The Hall–Kier alpha value is -3.55. The molecule has 8 nitrogen and oxygen atoms in total. The first-order valence-electron chi connectivity index (χ1n) is 7.72. The third-order valence-corrected chi connectivity index (χ3v) is 3.06. The first kappa shape index (κ1) is 18.8. The zero-order valence-electron chi connectivity index (χ0n) is 13.8. The molecule has 2 aromatic rings. The summed E-state index contributed by atoms with van der Waals surface area (Å²) in [6, 6.07) is 14.7. The fraction of sp³-hybridized carbons (Fsp3) is 0.167. The maximum absolute atomic E-state index is 12.1. The van der Waals surface area contributed by atoms with Gasteiger partial charge in [-0.15, -0.1) is 0 Å². The van der Waals surface area contributed by atoms with Crippen molar-refractivity contribution in [3.8, 4) is 11.5 Å². The maximum atomic E-state index is 12.1. The number of rotatable bonds is 8. The molecular formula is C18H18N2O6. The molecule has 0 aromatic heterocycles. The van der Waals surface area contributed by atoms with Gasteiger partial charge in [-0.25, -0.2) is 9.59 Å². The van der Waals surface area contributed by atoms with Gasteiger partial charge >= 0.3 is 12.0 Å². The van der Waals surface area contributed by atoms with E-state index in [2.05, 4.69) is 0 Å². The standard InChI is InChI=1S/C18H18N2O6/c19-18(23)20-16(21)12-26-17(22)14-8-4-5-9-15(14)25-11-10-24-13-6-2-1-3-7-13/h1-9H,10-12H2,(H3,19,20,21,23). The Morgan fingerprint density at radius 3 is 2.27 bits per heavy atom. The van der Waals surface area contributed by atoms with Gasteiger partial charge in [-0.05, 0) is 24.3 Å². The van der Waals surface area contributed by atoms with E-state index in [1.807, 2.05) is 30.3 Å². The molecule has 0 aliphatic heterocycles. The summed E-state index contributed by atoms with van der Waals surface area (Å²) in [5, 5.41) is 1.80. The molecular weight excluding hydrogens is 340 g/mol. The average molecular weight is 358 g/mol. The van der Waals surface area contributed by atoms with Gasteiger partial charge in [-0.3, -0.25) is 10.1 Å². The molecule has 3 N–H and O–H groups in total. The Labute approximate surface area is 149 Å². The third-order valence-electron chi connectivity index (χ3n) is 3.06. The Balaban J connectivity index is 1.85. The number of primary amides is 1. The molecule has 0 aliphatic carbocycles. The molecule has 0 atom stereocenters. The molecule has 0 bridgehead atoms. The predicted octanol–water partition coefficient (Wildman–Crippen LogP) is 1.50. The largest absolute Gasteiger partial charge is 0.490 e. The molecule has 0 radical (unpaired) electrons. The number of esters is 1. The molecule has 8 heteroatoms.